The van der Waals surface area contributed by atoms with Gasteiger partial charge in [0.25, 0.3) is 0 Å². The quantitative estimate of drug-likeness (QED) is 0.642. The summed E-state index contributed by atoms with van der Waals surface area (Å²) in [6.45, 7) is 0. The molecule has 2 nitrogen and oxygen atoms in total. The van der Waals surface area contributed by atoms with Gasteiger partial charge < -0.3 is 4.98 Å². The number of aromatic nitrogens is 2. The van der Waals surface area contributed by atoms with E-state index in [2.05, 4.69) is 4.98 Å². The van der Waals surface area contributed by atoms with Crippen LogP contribution in [0.3, 0.4) is 0 Å². The summed E-state index contributed by atoms with van der Waals surface area (Å²) < 4.78 is 40.8. The van der Waals surface area contributed by atoms with Gasteiger partial charge in [0, 0.05) is 17.4 Å². The Morgan fingerprint density at radius 2 is 1.68 bits per heavy atom. The molecule has 0 radical (unpaired) electrons. The van der Waals surface area contributed by atoms with Crippen LogP contribution in [0.5, 0.6) is 0 Å². The van der Waals surface area contributed by atoms with Crippen molar-refractivity contribution in [3.63, 3.8) is 0 Å². The lowest BCUT2D eigenvalue weighted by Crippen LogP contribution is -2.05. The van der Waals surface area contributed by atoms with Crippen molar-refractivity contribution >= 4 is 12.2 Å². The third kappa shape index (κ3) is 2.69. The lowest BCUT2D eigenvalue weighted by atomic mass is 10.1. The third-order valence-corrected chi connectivity index (χ3v) is 3.58. The summed E-state index contributed by atoms with van der Waals surface area (Å²) in [5, 5.41) is 0. The number of aromatic amines is 1. The van der Waals surface area contributed by atoms with Crippen molar-refractivity contribution in [1.82, 2.24) is 9.55 Å². The molecule has 0 aliphatic rings. The number of para-hydroxylation sites is 1. The molecule has 1 N–H and O–H groups in total. The van der Waals surface area contributed by atoms with Gasteiger partial charge in [0.1, 0.15) is 0 Å². The molecule has 0 saturated heterocycles. The Labute approximate surface area is 129 Å². The number of imidazole rings is 1. The first kappa shape index (κ1) is 14.6. The summed E-state index contributed by atoms with van der Waals surface area (Å²) >= 11 is 5.25. The van der Waals surface area contributed by atoms with Gasteiger partial charge >= 0.3 is 6.18 Å². The number of alkyl halides is 3. The minimum absolute atomic E-state index is 0.429. The smallest absolute Gasteiger partial charge is 0.336 e. The third-order valence-electron chi connectivity index (χ3n) is 3.28. The largest absolute Gasteiger partial charge is 0.416 e. The van der Waals surface area contributed by atoms with Crippen molar-refractivity contribution in [2.24, 2.45) is 0 Å². The van der Waals surface area contributed by atoms with Crippen LogP contribution in [0.25, 0.3) is 16.9 Å². The van der Waals surface area contributed by atoms with Crippen LogP contribution in [-0.4, -0.2) is 9.55 Å². The van der Waals surface area contributed by atoms with Crippen LogP contribution >= 0.6 is 12.2 Å². The van der Waals surface area contributed by atoms with Crippen molar-refractivity contribution in [3.8, 4) is 16.9 Å². The second-order valence-electron chi connectivity index (χ2n) is 4.73. The van der Waals surface area contributed by atoms with E-state index in [9.17, 15) is 13.2 Å². The van der Waals surface area contributed by atoms with Gasteiger partial charge in [-0.1, -0.05) is 30.3 Å². The minimum atomic E-state index is -4.37. The molecule has 0 saturated carbocycles. The van der Waals surface area contributed by atoms with Crippen LogP contribution in [0.1, 0.15) is 5.56 Å². The fourth-order valence-corrected chi connectivity index (χ4v) is 2.53. The van der Waals surface area contributed by atoms with Crippen molar-refractivity contribution in [2.45, 2.75) is 6.18 Å². The Kier molecular flexibility index (Phi) is 3.62. The highest BCUT2D eigenvalue weighted by Crippen LogP contribution is 2.32. The summed E-state index contributed by atoms with van der Waals surface area (Å²) in [5.41, 5.74) is 1.14. The van der Waals surface area contributed by atoms with Gasteiger partial charge in [0.05, 0.1) is 11.3 Å². The fraction of sp³-hybridized carbons (Fsp3) is 0.0625. The van der Waals surface area contributed by atoms with Crippen molar-refractivity contribution < 1.29 is 13.2 Å². The van der Waals surface area contributed by atoms with E-state index in [0.717, 1.165) is 17.8 Å². The zero-order valence-electron chi connectivity index (χ0n) is 11.3. The summed E-state index contributed by atoms with van der Waals surface area (Å²) in [5.74, 6) is 0. The van der Waals surface area contributed by atoms with Gasteiger partial charge in [-0.15, -0.1) is 0 Å². The van der Waals surface area contributed by atoms with E-state index in [1.807, 2.05) is 30.3 Å². The lowest BCUT2D eigenvalue weighted by molar-refractivity contribution is -0.137. The molecular weight excluding hydrogens is 309 g/mol. The number of nitrogens with zero attached hydrogens (tertiary/aromatic N) is 1. The fourth-order valence-electron chi connectivity index (χ4n) is 2.27. The summed E-state index contributed by atoms with van der Waals surface area (Å²) in [6.07, 6.45) is -2.76. The molecule has 22 heavy (non-hydrogen) atoms. The molecule has 112 valence electrons. The number of hydrogen-bond donors (Lipinski definition) is 1. The summed E-state index contributed by atoms with van der Waals surface area (Å²) in [7, 11) is 0. The first-order valence-corrected chi connectivity index (χ1v) is 6.91. The van der Waals surface area contributed by atoms with E-state index in [1.54, 1.807) is 16.8 Å². The van der Waals surface area contributed by atoms with Gasteiger partial charge in [-0.2, -0.15) is 13.2 Å². The van der Waals surface area contributed by atoms with E-state index in [1.165, 1.54) is 6.07 Å². The van der Waals surface area contributed by atoms with E-state index in [-0.39, 0.29) is 0 Å². The standard InChI is InChI=1S/C16H11F3N2S/c17-16(18,19)12-6-4-5-11(9-12)14-10-20-15(22)21(14)13-7-2-1-3-8-13/h1-10H,(H,20,22). The van der Waals surface area contributed by atoms with Gasteiger partial charge in [0.15, 0.2) is 4.77 Å². The maximum Gasteiger partial charge on any atom is 0.416 e. The highest BCUT2D eigenvalue weighted by Gasteiger charge is 2.30. The number of rotatable bonds is 2. The molecule has 2 aromatic carbocycles. The molecule has 1 aromatic heterocycles. The van der Waals surface area contributed by atoms with Crippen molar-refractivity contribution in [3.05, 3.63) is 71.1 Å². The van der Waals surface area contributed by atoms with Crippen LogP contribution in [0.15, 0.2) is 60.8 Å². The van der Waals surface area contributed by atoms with Crippen LogP contribution in [-0.2, 0) is 6.18 Å². The van der Waals surface area contributed by atoms with E-state index in [4.69, 9.17) is 12.2 Å². The molecule has 0 unspecified atom stereocenters. The van der Waals surface area contributed by atoms with Crippen LogP contribution in [0.4, 0.5) is 13.2 Å². The monoisotopic (exact) mass is 320 g/mol. The molecule has 0 amide bonds. The zero-order valence-corrected chi connectivity index (χ0v) is 12.1. The zero-order chi connectivity index (χ0) is 15.7. The molecule has 3 rings (SSSR count). The summed E-state index contributed by atoms with van der Waals surface area (Å²) in [4.78, 5) is 2.89. The highest BCUT2D eigenvalue weighted by atomic mass is 32.1. The van der Waals surface area contributed by atoms with Crippen LogP contribution < -0.4 is 0 Å². The maximum atomic E-state index is 12.9. The maximum absolute atomic E-state index is 12.9. The topological polar surface area (TPSA) is 20.7 Å². The van der Waals surface area contributed by atoms with E-state index in [0.29, 0.717) is 16.0 Å². The number of hydrogen-bond acceptors (Lipinski definition) is 1. The Morgan fingerprint density at radius 3 is 2.36 bits per heavy atom. The Balaban J connectivity index is 2.17. The van der Waals surface area contributed by atoms with Crippen molar-refractivity contribution in [1.29, 1.82) is 0 Å². The summed E-state index contributed by atoms with van der Waals surface area (Å²) in [6, 6.07) is 14.5. The molecule has 0 atom stereocenters. The first-order chi connectivity index (χ1) is 10.5. The minimum Gasteiger partial charge on any atom is -0.336 e. The molecular formula is C16H11F3N2S. The molecule has 6 heteroatoms. The number of H-pyrrole nitrogens is 1. The number of benzene rings is 2. The molecule has 1 heterocycles. The predicted molar refractivity (Wildman–Crippen MR) is 81.4 cm³/mol. The van der Waals surface area contributed by atoms with Gasteiger partial charge in [-0.25, -0.2) is 0 Å². The van der Waals surface area contributed by atoms with Crippen LogP contribution in [0, 0.1) is 4.77 Å². The molecule has 0 aliphatic heterocycles. The second-order valence-corrected chi connectivity index (χ2v) is 5.12. The molecule has 0 aliphatic carbocycles. The van der Waals surface area contributed by atoms with Crippen molar-refractivity contribution in [2.75, 3.05) is 0 Å². The SMILES string of the molecule is FC(F)(F)c1cccc(-c2c[nH]c(=S)n2-c2ccccc2)c1. The molecule has 0 fully saturated rings. The average Bonchev–Trinajstić information content (AvgIpc) is 2.89. The molecule has 0 spiro atoms. The molecule has 3 aromatic rings. The van der Waals surface area contributed by atoms with Crippen LogP contribution in [0.2, 0.25) is 0 Å². The Hall–Kier alpha value is -2.34. The molecule has 0 bridgehead atoms. The highest BCUT2D eigenvalue weighted by molar-refractivity contribution is 7.71. The Morgan fingerprint density at radius 1 is 0.955 bits per heavy atom. The predicted octanol–water partition coefficient (Wildman–Crippen LogP) is 5.22. The average molecular weight is 320 g/mol. The second kappa shape index (κ2) is 5.46. The lowest BCUT2D eigenvalue weighted by Gasteiger charge is -2.11. The van der Waals surface area contributed by atoms with Gasteiger partial charge in [-0.05, 0) is 36.5 Å². The first-order valence-electron chi connectivity index (χ1n) is 6.50. The van der Waals surface area contributed by atoms with Gasteiger partial charge in [-0.3, -0.25) is 4.57 Å². The van der Waals surface area contributed by atoms with E-state index < -0.39 is 11.7 Å². The normalized spacial score (nSPS) is 11.6. The number of halogens is 3. The van der Waals surface area contributed by atoms with E-state index >= 15 is 0 Å². The van der Waals surface area contributed by atoms with Gasteiger partial charge in [0.2, 0.25) is 0 Å². The Bertz CT molecular complexity index is 848. The number of nitrogens with one attached hydrogen (secondary N) is 1.